The zero-order valence-electron chi connectivity index (χ0n) is 13.4. The van der Waals surface area contributed by atoms with Crippen molar-refractivity contribution >= 4 is 5.91 Å². The Bertz CT molecular complexity index is 452. The molecule has 21 heavy (non-hydrogen) atoms. The zero-order valence-corrected chi connectivity index (χ0v) is 13.4. The molecule has 0 radical (unpaired) electrons. The van der Waals surface area contributed by atoms with Gasteiger partial charge in [0.1, 0.15) is 5.75 Å². The van der Waals surface area contributed by atoms with E-state index in [1.54, 1.807) is 7.11 Å². The standard InChI is InChI=1S/C16H26N2O3/c1-11-7-14(5-6-17)8-12(2)16(11)21-10-15(19)18-13(3)9-20-4/h7-8,13H,5-6,9-10,17H2,1-4H3,(H,18,19). The monoisotopic (exact) mass is 294 g/mol. The van der Waals surface area contributed by atoms with E-state index < -0.39 is 0 Å². The Kier molecular flexibility index (Phi) is 7.19. The highest BCUT2D eigenvalue weighted by molar-refractivity contribution is 5.77. The van der Waals surface area contributed by atoms with E-state index in [1.807, 2.05) is 20.8 Å². The third-order valence-electron chi connectivity index (χ3n) is 3.12. The molecule has 0 spiro atoms. The molecule has 5 heteroatoms. The number of carbonyl (C=O) groups excluding carboxylic acids is 1. The van der Waals surface area contributed by atoms with E-state index in [9.17, 15) is 4.79 Å². The number of aryl methyl sites for hydroxylation is 2. The van der Waals surface area contributed by atoms with Crippen LogP contribution in [0.2, 0.25) is 0 Å². The lowest BCUT2D eigenvalue weighted by molar-refractivity contribution is -0.124. The summed E-state index contributed by atoms with van der Waals surface area (Å²) in [5.74, 6) is 0.620. The summed E-state index contributed by atoms with van der Waals surface area (Å²) in [6.07, 6.45) is 0.844. The number of ether oxygens (including phenoxy) is 2. The van der Waals surface area contributed by atoms with Crippen LogP contribution < -0.4 is 15.8 Å². The molecular formula is C16H26N2O3. The molecule has 0 aliphatic carbocycles. The quantitative estimate of drug-likeness (QED) is 0.759. The molecule has 1 unspecified atom stereocenters. The van der Waals surface area contributed by atoms with Gasteiger partial charge in [0, 0.05) is 13.2 Å². The number of rotatable bonds is 8. The fourth-order valence-corrected chi connectivity index (χ4v) is 2.32. The summed E-state index contributed by atoms with van der Waals surface area (Å²) in [4.78, 5) is 11.8. The molecule has 1 atom stereocenters. The Balaban J connectivity index is 2.61. The Labute approximate surface area is 126 Å². The maximum Gasteiger partial charge on any atom is 0.258 e. The van der Waals surface area contributed by atoms with Gasteiger partial charge in [0.05, 0.1) is 6.61 Å². The second-order valence-corrected chi connectivity index (χ2v) is 5.31. The van der Waals surface area contributed by atoms with E-state index in [2.05, 4.69) is 17.4 Å². The predicted octanol–water partition coefficient (Wildman–Crippen LogP) is 1.33. The molecule has 0 saturated carbocycles. The molecule has 1 aromatic rings. The number of hydrogen-bond donors (Lipinski definition) is 2. The molecule has 5 nitrogen and oxygen atoms in total. The van der Waals surface area contributed by atoms with Gasteiger partial charge in [-0.25, -0.2) is 0 Å². The fraction of sp³-hybridized carbons (Fsp3) is 0.562. The van der Waals surface area contributed by atoms with Gasteiger partial charge in [-0.2, -0.15) is 0 Å². The number of nitrogens with one attached hydrogen (secondary N) is 1. The first kappa shape index (κ1) is 17.5. The van der Waals surface area contributed by atoms with Crippen LogP contribution in [0.3, 0.4) is 0 Å². The van der Waals surface area contributed by atoms with Crippen molar-refractivity contribution < 1.29 is 14.3 Å². The van der Waals surface area contributed by atoms with Crippen molar-refractivity contribution in [3.63, 3.8) is 0 Å². The zero-order chi connectivity index (χ0) is 15.8. The van der Waals surface area contributed by atoms with Crippen LogP contribution in [0.15, 0.2) is 12.1 Å². The summed E-state index contributed by atoms with van der Waals surface area (Å²) in [7, 11) is 1.61. The van der Waals surface area contributed by atoms with E-state index in [0.717, 1.165) is 23.3 Å². The smallest absolute Gasteiger partial charge is 0.258 e. The number of carbonyl (C=O) groups is 1. The van der Waals surface area contributed by atoms with Gasteiger partial charge in [-0.3, -0.25) is 4.79 Å². The first-order chi connectivity index (χ1) is 9.97. The van der Waals surface area contributed by atoms with Crippen molar-refractivity contribution in [2.24, 2.45) is 5.73 Å². The summed E-state index contributed by atoms with van der Waals surface area (Å²) >= 11 is 0. The van der Waals surface area contributed by atoms with Gasteiger partial charge in [0.2, 0.25) is 0 Å². The SMILES string of the molecule is COCC(C)NC(=O)COc1c(C)cc(CCN)cc1C. The molecule has 0 aliphatic rings. The lowest BCUT2D eigenvalue weighted by atomic mass is 10.0. The molecule has 0 fully saturated rings. The molecule has 0 aromatic heterocycles. The summed E-state index contributed by atoms with van der Waals surface area (Å²) < 4.78 is 10.6. The second kappa shape index (κ2) is 8.64. The topological polar surface area (TPSA) is 73.6 Å². The predicted molar refractivity (Wildman–Crippen MR) is 83.7 cm³/mol. The Hall–Kier alpha value is -1.59. The number of hydrogen-bond acceptors (Lipinski definition) is 4. The maximum atomic E-state index is 11.8. The molecule has 1 aromatic carbocycles. The van der Waals surface area contributed by atoms with Crippen LogP contribution >= 0.6 is 0 Å². The van der Waals surface area contributed by atoms with Crippen LogP contribution in [-0.4, -0.2) is 38.8 Å². The van der Waals surface area contributed by atoms with Crippen LogP contribution in [0.5, 0.6) is 5.75 Å². The third-order valence-corrected chi connectivity index (χ3v) is 3.12. The van der Waals surface area contributed by atoms with Gasteiger partial charge < -0.3 is 20.5 Å². The fourth-order valence-electron chi connectivity index (χ4n) is 2.32. The van der Waals surface area contributed by atoms with Gasteiger partial charge in [-0.15, -0.1) is 0 Å². The average molecular weight is 294 g/mol. The molecule has 0 aliphatic heterocycles. The summed E-state index contributed by atoms with van der Waals surface area (Å²) in [5.41, 5.74) is 8.81. The van der Waals surface area contributed by atoms with E-state index in [1.165, 1.54) is 5.56 Å². The molecule has 0 heterocycles. The van der Waals surface area contributed by atoms with E-state index in [0.29, 0.717) is 13.2 Å². The summed E-state index contributed by atoms with van der Waals surface area (Å²) in [6.45, 7) is 6.96. The van der Waals surface area contributed by atoms with Crippen molar-refractivity contribution in [3.8, 4) is 5.75 Å². The average Bonchev–Trinajstić information content (AvgIpc) is 2.38. The van der Waals surface area contributed by atoms with Crippen molar-refractivity contribution in [2.45, 2.75) is 33.2 Å². The second-order valence-electron chi connectivity index (χ2n) is 5.31. The van der Waals surface area contributed by atoms with Gasteiger partial charge in [-0.05, 0) is 50.4 Å². The molecule has 3 N–H and O–H groups in total. The van der Waals surface area contributed by atoms with Gasteiger partial charge in [-0.1, -0.05) is 12.1 Å². The Morgan fingerprint density at radius 2 is 1.95 bits per heavy atom. The Morgan fingerprint density at radius 1 is 1.33 bits per heavy atom. The minimum Gasteiger partial charge on any atom is -0.483 e. The number of amides is 1. The lowest BCUT2D eigenvalue weighted by Gasteiger charge is -2.16. The number of nitrogens with two attached hydrogens (primary N) is 1. The first-order valence-electron chi connectivity index (χ1n) is 7.19. The van der Waals surface area contributed by atoms with Gasteiger partial charge >= 0.3 is 0 Å². The molecular weight excluding hydrogens is 268 g/mol. The van der Waals surface area contributed by atoms with Crippen molar-refractivity contribution in [3.05, 3.63) is 28.8 Å². The Morgan fingerprint density at radius 3 is 2.48 bits per heavy atom. The van der Waals surface area contributed by atoms with E-state index >= 15 is 0 Å². The minimum atomic E-state index is -0.149. The number of methoxy groups -OCH3 is 1. The van der Waals surface area contributed by atoms with Gasteiger partial charge in [0.15, 0.2) is 6.61 Å². The normalized spacial score (nSPS) is 12.0. The van der Waals surface area contributed by atoms with Crippen LogP contribution in [-0.2, 0) is 16.0 Å². The summed E-state index contributed by atoms with van der Waals surface area (Å²) in [6, 6.07) is 4.08. The van der Waals surface area contributed by atoms with Crippen LogP contribution in [0, 0.1) is 13.8 Å². The van der Waals surface area contributed by atoms with Crippen LogP contribution in [0.4, 0.5) is 0 Å². The lowest BCUT2D eigenvalue weighted by Crippen LogP contribution is -2.38. The molecule has 118 valence electrons. The molecule has 0 saturated heterocycles. The van der Waals surface area contributed by atoms with Crippen molar-refractivity contribution in [1.29, 1.82) is 0 Å². The molecule has 1 amide bonds. The molecule has 0 bridgehead atoms. The van der Waals surface area contributed by atoms with E-state index in [4.69, 9.17) is 15.2 Å². The summed E-state index contributed by atoms with van der Waals surface area (Å²) in [5, 5.41) is 2.82. The van der Waals surface area contributed by atoms with Crippen molar-refractivity contribution in [2.75, 3.05) is 26.9 Å². The van der Waals surface area contributed by atoms with Gasteiger partial charge in [0.25, 0.3) is 5.91 Å². The van der Waals surface area contributed by atoms with Crippen LogP contribution in [0.1, 0.15) is 23.6 Å². The van der Waals surface area contributed by atoms with Crippen molar-refractivity contribution in [1.82, 2.24) is 5.32 Å². The number of benzene rings is 1. The molecule has 1 rings (SSSR count). The third kappa shape index (κ3) is 5.73. The largest absolute Gasteiger partial charge is 0.483 e. The maximum absolute atomic E-state index is 11.8. The highest BCUT2D eigenvalue weighted by atomic mass is 16.5. The highest BCUT2D eigenvalue weighted by Crippen LogP contribution is 2.24. The van der Waals surface area contributed by atoms with E-state index in [-0.39, 0.29) is 18.6 Å². The first-order valence-corrected chi connectivity index (χ1v) is 7.19. The highest BCUT2D eigenvalue weighted by Gasteiger charge is 2.11. The van der Waals surface area contributed by atoms with Crippen LogP contribution in [0.25, 0.3) is 0 Å². The minimum absolute atomic E-state index is 0.00592.